The molecule has 0 unspecified atom stereocenters. The molecule has 2 aromatic carbocycles. The van der Waals surface area contributed by atoms with E-state index in [-0.39, 0.29) is 12.1 Å². The minimum absolute atomic E-state index is 0.0745. The molecule has 7 nitrogen and oxygen atoms in total. The molecule has 0 fully saturated rings. The van der Waals surface area contributed by atoms with Crippen LogP contribution in [-0.2, 0) is 16.1 Å². The maximum absolute atomic E-state index is 13.1. The SMILES string of the molecule is COc1cc(OC)c(OC)cc1CNC(=O)COC(=O)c1ccc(F)c(F)c1. The molecule has 0 aliphatic heterocycles. The van der Waals surface area contributed by atoms with Crippen LogP contribution in [0.15, 0.2) is 30.3 Å². The van der Waals surface area contributed by atoms with Crippen molar-refractivity contribution in [3.63, 3.8) is 0 Å². The summed E-state index contributed by atoms with van der Waals surface area (Å²) in [5.74, 6) is -2.41. The largest absolute Gasteiger partial charge is 0.496 e. The summed E-state index contributed by atoms with van der Waals surface area (Å²) in [5, 5.41) is 2.56. The lowest BCUT2D eigenvalue weighted by atomic mass is 10.1. The van der Waals surface area contributed by atoms with E-state index in [1.54, 1.807) is 12.1 Å². The predicted octanol–water partition coefficient (Wildman–Crippen LogP) is 2.46. The van der Waals surface area contributed by atoms with E-state index in [0.717, 1.165) is 12.1 Å². The number of amides is 1. The molecule has 2 rings (SSSR count). The van der Waals surface area contributed by atoms with Gasteiger partial charge in [0, 0.05) is 18.2 Å². The van der Waals surface area contributed by atoms with Gasteiger partial charge in [0.2, 0.25) is 0 Å². The molecule has 1 amide bonds. The van der Waals surface area contributed by atoms with Gasteiger partial charge in [-0.15, -0.1) is 0 Å². The van der Waals surface area contributed by atoms with E-state index in [4.69, 9.17) is 18.9 Å². The van der Waals surface area contributed by atoms with Crippen molar-refractivity contribution in [2.45, 2.75) is 6.54 Å². The lowest BCUT2D eigenvalue weighted by Crippen LogP contribution is -2.28. The second-order valence-electron chi connectivity index (χ2n) is 5.50. The molecule has 2 aromatic rings. The minimum atomic E-state index is -1.18. The number of methoxy groups -OCH3 is 3. The molecule has 0 bridgehead atoms. The molecule has 0 saturated heterocycles. The summed E-state index contributed by atoms with van der Waals surface area (Å²) in [6.45, 7) is -0.515. The summed E-state index contributed by atoms with van der Waals surface area (Å²) in [6.07, 6.45) is 0. The number of nitrogens with one attached hydrogen (secondary N) is 1. The molecule has 0 saturated carbocycles. The summed E-state index contributed by atoms with van der Waals surface area (Å²) in [7, 11) is 4.43. The molecule has 150 valence electrons. The number of halogens is 2. The maximum Gasteiger partial charge on any atom is 0.338 e. The zero-order chi connectivity index (χ0) is 20.7. The van der Waals surface area contributed by atoms with Gasteiger partial charge in [0.1, 0.15) is 5.75 Å². The fourth-order valence-corrected chi connectivity index (χ4v) is 2.31. The van der Waals surface area contributed by atoms with E-state index < -0.39 is 30.1 Å². The topological polar surface area (TPSA) is 83.1 Å². The number of hydrogen-bond donors (Lipinski definition) is 1. The van der Waals surface area contributed by atoms with E-state index in [9.17, 15) is 18.4 Å². The van der Waals surface area contributed by atoms with Gasteiger partial charge in [-0.3, -0.25) is 4.79 Å². The van der Waals surface area contributed by atoms with Crippen molar-refractivity contribution in [2.75, 3.05) is 27.9 Å². The maximum atomic E-state index is 13.1. The Bertz CT molecular complexity index is 872. The van der Waals surface area contributed by atoms with Crippen LogP contribution in [0.5, 0.6) is 17.2 Å². The Morgan fingerprint density at radius 2 is 1.54 bits per heavy atom. The van der Waals surface area contributed by atoms with Crippen LogP contribution in [0.2, 0.25) is 0 Å². The second kappa shape index (κ2) is 9.54. The Hall–Kier alpha value is -3.36. The highest BCUT2D eigenvalue weighted by Crippen LogP contribution is 2.34. The van der Waals surface area contributed by atoms with Crippen molar-refractivity contribution in [1.29, 1.82) is 0 Å². The predicted molar refractivity (Wildman–Crippen MR) is 94.6 cm³/mol. The van der Waals surface area contributed by atoms with Crippen molar-refractivity contribution in [3.8, 4) is 17.2 Å². The zero-order valence-electron chi connectivity index (χ0n) is 15.5. The lowest BCUT2D eigenvalue weighted by molar-refractivity contribution is -0.124. The third kappa shape index (κ3) is 5.09. The summed E-state index contributed by atoms with van der Waals surface area (Å²) in [5.41, 5.74) is 0.411. The normalized spacial score (nSPS) is 10.2. The van der Waals surface area contributed by atoms with E-state index in [1.165, 1.54) is 21.3 Å². The van der Waals surface area contributed by atoms with Crippen LogP contribution in [0.3, 0.4) is 0 Å². The molecule has 0 aromatic heterocycles. The van der Waals surface area contributed by atoms with E-state index in [2.05, 4.69) is 5.32 Å². The Balaban J connectivity index is 1.95. The number of carbonyl (C=O) groups excluding carboxylic acids is 2. The molecule has 0 spiro atoms. The average molecular weight is 395 g/mol. The quantitative estimate of drug-likeness (QED) is 0.692. The summed E-state index contributed by atoms with van der Waals surface area (Å²) >= 11 is 0. The van der Waals surface area contributed by atoms with Crippen LogP contribution in [0, 0.1) is 11.6 Å². The van der Waals surface area contributed by atoms with Crippen LogP contribution in [-0.4, -0.2) is 39.8 Å². The molecular weight excluding hydrogens is 376 g/mol. The van der Waals surface area contributed by atoms with E-state index in [0.29, 0.717) is 28.9 Å². The Morgan fingerprint density at radius 3 is 2.14 bits per heavy atom. The van der Waals surface area contributed by atoms with Crippen LogP contribution >= 0.6 is 0 Å². The highest BCUT2D eigenvalue weighted by molar-refractivity contribution is 5.91. The zero-order valence-corrected chi connectivity index (χ0v) is 15.5. The molecule has 0 atom stereocenters. The number of hydrogen-bond acceptors (Lipinski definition) is 6. The summed E-state index contributed by atoms with van der Waals surface area (Å²) in [6, 6.07) is 5.82. The highest BCUT2D eigenvalue weighted by atomic mass is 19.2. The van der Waals surface area contributed by atoms with Gasteiger partial charge in [0.15, 0.2) is 29.7 Å². The second-order valence-corrected chi connectivity index (χ2v) is 5.50. The van der Waals surface area contributed by atoms with Crippen molar-refractivity contribution < 1.29 is 37.3 Å². The molecule has 0 aliphatic rings. The van der Waals surface area contributed by atoms with E-state index >= 15 is 0 Å². The highest BCUT2D eigenvalue weighted by Gasteiger charge is 2.15. The van der Waals surface area contributed by atoms with Crippen molar-refractivity contribution in [1.82, 2.24) is 5.32 Å². The van der Waals surface area contributed by atoms with Crippen molar-refractivity contribution in [2.24, 2.45) is 0 Å². The molecular formula is C19H19F2NO6. The van der Waals surface area contributed by atoms with Crippen LogP contribution in [0.25, 0.3) is 0 Å². The number of esters is 1. The number of benzene rings is 2. The van der Waals surface area contributed by atoms with Crippen LogP contribution in [0.4, 0.5) is 8.78 Å². The monoisotopic (exact) mass is 395 g/mol. The van der Waals surface area contributed by atoms with E-state index in [1.807, 2.05) is 0 Å². The summed E-state index contributed by atoms with van der Waals surface area (Å²) < 4.78 is 46.5. The first-order valence-corrected chi connectivity index (χ1v) is 8.07. The Morgan fingerprint density at radius 1 is 0.893 bits per heavy atom. The van der Waals surface area contributed by atoms with Gasteiger partial charge in [0.25, 0.3) is 5.91 Å². The van der Waals surface area contributed by atoms with Gasteiger partial charge in [-0.25, -0.2) is 13.6 Å². The first-order valence-electron chi connectivity index (χ1n) is 8.07. The Kier molecular flexibility index (Phi) is 7.14. The third-order valence-corrected chi connectivity index (χ3v) is 3.75. The molecule has 9 heteroatoms. The number of carbonyl (C=O) groups is 2. The lowest BCUT2D eigenvalue weighted by Gasteiger charge is -2.14. The summed E-state index contributed by atoms with van der Waals surface area (Å²) in [4.78, 5) is 23.7. The van der Waals surface area contributed by atoms with Crippen molar-refractivity contribution in [3.05, 3.63) is 53.1 Å². The van der Waals surface area contributed by atoms with Crippen LogP contribution < -0.4 is 19.5 Å². The van der Waals surface area contributed by atoms with Gasteiger partial charge in [-0.05, 0) is 24.3 Å². The third-order valence-electron chi connectivity index (χ3n) is 3.75. The number of ether oxygens (including phenoxy) is 4. The van der Waals surface area contributed by atoms with Gasteiger partial charge in [-0.1, -0.05) is 0 Å². The smallest absolute Gasteiger partial charge is 0.338 e. The number of rotatable bonds is 8. The fourth-order valence-electron chi connectivity index (χ4n) is 2.31. The van der Waals surface area contributed by atoms with Gasteiger partial charge in [-0.2, -0.15) is 0 Å². The first-order chi connectivity index (χ1) is 13.4. The molecule has 0 aliphatic carbocycles. The molecule has 0 radical (unpaired) electrons. The first kappa shape index (κ1) is 20.9. The molecule has 0 heterocycles. The van der Waals surface area contributed by atoms with Gasteiger partial charge >= 0.3 is 5.97 Å². The standard InChI is InChI=1S/C19H19F2NO6/c1-25-15-8-17(27-3)16(26-2)7-12(15)9-22-18(23)10-28-19(24)11-4-5-13(20)14(21)6-11/h4-8H,9-10H2,1-3H3,(H,22,23). The van der Waals surface area contributed by atoms with Crippen molar-refractivity contribution >= 4 is 11.9 Å². The average Bonchev–Trinajstić information content (AvgIpc) is 2.71. The van der Waals surface area contributed by atoms with Crippen LogP contribution in [0.1, 0.15) is 15.9 Å². The van der Waals surface area contributed by atoms with Gasteiger partial charge in [0.05, 0.1) is 26.9 Å². The van der Waals surface area contributed by atoms with Gasteiger partial charge < -0.3 is 24.3 Å². The Labute approximate surface area is 160 Å². The molecule has 1 N–H and O–H groups in total. The fraction of sp³-hybridized carbons (Fsp3) is 0.263. The minimum Gasteiger partial charge on any atom is -0.496 e. The molecule has 28 heavy (non-hydrogen) atoms.